The number of anilines is 1. The number of aliphatic hydroxyl groups excluding tert-OH is 1. The van der Waals surface area contributed by atoms with Crippen molar-refractivity contribution >= 4 is 16.6 Å². The summed E-state index contributed by atoms with van der Waals surface area (Å²) >= 11 is 0. The Morgan fingerprint density at radius 2 is 1.79 bits per heavy atom. The van der Waals surface area contributed by atoms with Gasteiger partial charge in [0.2, 0.25) is 0 Å². The molecular formula is C21H26N2O. The molecule has 126 valence electrons. The summed E-state index contributed by atoms with van der Waals surface area (Å²) in [5.41, 5.74) is 7.26. The molecule has 0 radical (unpaired) electrons. The van der Waals surface area contributed by atoms with Gasteiger partial charge in [0.05, 0.1) is 12.6 Å². The van der Waals surface area contributed by atoms with Crippen LogP contribution in [-0.4, -0.2) is 22.3 Å². The van der Waals surface area contributed by atoms with Gasteiger partial charge in [-0.3, -0.25) is 0 Å². The van der Waals surface area contributed by atoms with E-state index in [4.69, 9.17) is 0 Å². The van der Waals surface area contributed by atoms with Crippen LogP contribution in [0, 0.1) is 27.7 Å². The first-order valence-electron chi connectivity index (χ1n) is 8.51. The summed E-state index contributed by atoms with van der Waals surface area (Å²) in [7, 11) is 0. The van der Waals surface area contributed by atoms with Gasteiger partial charge in [-0.05, 0) is 51.0 Å². The highest BCUT2D eigenvalue weighted by Crippen LogP contribution is 2.25. The van der Waals surface area contributed by atoms with E-state index in [9.17, 15) is 5.11 Å². The van der Waals surface area contributed by atoms with Crippen molar-refractivity contribution in [3.8, 4) is 0 Å². The summed E-state index contributed by atoms with van der Waals surface area (Å²) < 4.78 is 2.22. The molecule has 1 atom stereocenters. The minimum Gasteiger partial charge on any atom is -0.389 e. The Balaban J connectivity index is 1.73. The number of fused-ring (bicyclic) bond motifs is 1. The van der Waals surface area contributed by atoms with Crippen molar-refractivity contribution in [2.75, 3.05) is 11.9 Å². The molecule has 0 aliphatic rings. The molecule has 3 heteroatoms. The zero-order valence-corrected chi connectivity index (χ0v) is 14.9. The highest BCUT2D eigenvalue weighted by Gasteiger charge is 2.13. The zero-order valence-electron chi connectivity index (χ0n) is 14.9. The minimum atomic E-state index is -0.445. The molecule has 3 rings (SSSR count). The van der Waals surface area contributed by atoms with Crippen molar-refractivity contribution in [1.29, 1.82) is 0 Å². The van der Waals surface area contributed by atoms with E-state index in [0.29, 0.717) is 13.1 Å². The van der Waals surface area contributed by atoms with E-state index in [2.05, 4.69) is 80.0 Å². The number of para-hydroxylation sites is 1. The Bertz CT molecular complexity index is 864. The fourth-order valence-corrected chi connectivity index (χ4v) is 3.35. The van der Waals surface area contributed by atoms with Gasteiger partial charge < -0.3 is 15.0 Å². The van der Waals surface area contributed by atoms with E-state index < -0.39 is 6.10 Å². The fraction of sp³-hybridized carbons (Fsp3) is 0.333. The van der Waals surface area contributed by atoms with E-state index in [-0.39, 0.29) is 0 Å². The zero-order chi connectivity index (χ0) is 17.3. The summed E-state index contributed by atoms with van der Waals surface area (Å²) in [6.07, 6.45) is -0.445. The van der Waals surface area contributed by atoms with E-state index in [0.717, 1.165) is 5.69 Å². The normalized spacial score (nSPS) is 12.5. The number of aromatic nitrogens is 1. The maximum Gasteiger partial charge on any atom is 0.0891 e. The van der Waals surface area contributed by atoms with Gasteiger partial charge >= 0.3 is 0 Å². The maximum absolute atomic E-state index is 10.5. The first-order chi connectivity index (χ1) is 11.5. The molecule has 3 nitrogen and oxygen atoms in total. The first kappa shape index (κ1) is 16.6. The van der Waals surface area contributed by atoms with Crippen molar-refractivity contribution < 1.29 is 5.11 Å². The van der Waals surface area contributed by atoms with Crippen LogP contribution in [0.15, 0.2) is 42.5 Å². The predicted molar refractivity (Wildman–Crippen MR) is 102 cm³/mol. The number of hydrogen-bond acceptors (Lipinski definition) is 2. The van der Waals surface area contributed by atoms with Gasteiger partial charge in [-0.25, -0.2) is 0 Å². The summed E-state index contributed by atoms with van der Waals surface area (Å²) in [5.74, 6) is 0. The Hall–Kier alpha value is -2.26. The molecule has 0 bridgehead atoms. The standard InChI is InChI=1S/C21H26N2O/c1-14-9-10-20(15(2)11-14)22-12-18(24)13-23-17(4)16(3)19-7-5-6-8-21(19)23/h5-11,18,22,24H,12-13H2,1-4H3. The summed E-state index contributed by atoms with van der Waals surface area (Å²) in [6, 6.07) is 14.7. The Kier molecular flexibility index (Phi) is 4.63. The Morgan fingerprint density at radius 1 is 1.04 bits per heavy atom. The molecule has 0 saturated heterocycles. The number of aryl methyl sites for hydroxylation is 3. The van der Waals surface area contributed by atoms with Crippen molar-refractivity contribution in [2.24, 2.45) is 0 Å². The molecular weight excluding hydrogens is 296 g/mol. The largest absolute Gasteiger partial charge is 0.389 e. The van der Waals surface area contributed by atoms with Gasteiger partial charge in [0, 0.05) is 28.8 Å². The number of hydrogen-bond donors (Lipinski definition) is 2. The topological polar surface area (TPSA) is 37.2 Å². The van der Waals surface area contributed by atoms with Crippen LogP contribution < -0.4 is 5.32 Å². The van der Waals surface area contributed by atoms with Crippen LogP contribution >= 0.6 is 0 Å². The average Bonchev–Trinajstić information content (AvgIpc) is 2.79. The molecule has 2 aromatic carbocycles. The van der Waals surface area contributed by atoms with Crippen LogP contribution in [0.2, 0.25) is 0 Å². The number of nitrogens with one attached hydrogen (secondary N) is 1. The molecule has 0 saturated carbocycles. The molecule has 2 N–H and O–H groups in total. The second-order valence-corrected chi connectivity index (χ2v) is 6.69. The molecule has 1 heterocycles. The van der Waals surface area contributed by atoms with Crippen LogP contribution in [0.4, 0.5) is 5.69 Å². The summed E-state index contributed by atoms with van der Waals surface area (Å²) in [4.78, 5) is 0. The maximum atomic E-state index is 10.5. The van der Waals surface area contributed by atoms with E-state index >= 15 is 0 Å². The number of benzene rings is 2. The monoisotopic (exact) mass is 322 g/mol. The molecule has 0 amide bonds. The third-order valence-electron chi connectivity index (χ3n) is 4.85. The van der Waals surface area contributed by atoms with Crippen molar-refractivity contribution in [1.82, 2.24) is 4.57 Å². The lowest BCUT2D eigenvalue weighted by Crippen LogP contribution is -2.25. The molecule has 0 spiro atoms. The second kappa shape index (κ2) is 6.70. The minimum absolute atomic E-state index is 0.445. The van der Waals surface area contributed by atoms with Crippen molar-refractivity contribution in [2.45, 2.75) is 40.3 Å². The Morgan fingerprint density at radius 3 is 2.54 bits per heavy atom. The van der Waals surface area contributed by atoms with Crippen LogP contribution in [-0.2, 0) is 6.54 Å². The molecule has 3 aromatic rings. The molecule has 1 unspecified atom stereocenters. The fourth-order valence-electron chi connectivity index (χ4n) is 3.35. The second-order valence-electron chi connectivity index (χ2n) is 6.69. The number of aliphatic hydroxyl groups is 1. The van der Waals surface area contributed by atoms with Crippen molar-refractivity contribution in [3.63, 3.8) is 0 Å². The highest BCUT2D eigenvalue weighted by atomic mass is 16.3. The molecule has 1 aromatic heterocycles. The molecule has 24 heavy (non-hydrogen) atoms. The lowest BCUT2D eigenvalue weighted by molar-refractivity contribution is 0.167. The lowest BCUT2D eigenvalue weighted by Gasteiger charge is -2.17. The van der Waals surface area contributed by atoms with Gasteiger partial charge in [-0.15, -0.1) is 0 Å². The Labute approximate surface area is 143 Å². The SMILES string of the molecule is Cc1ccc(NCC(O)Cn2c(C)c(C)c3ccccc32)c(C)c1. The first-order valence-corrected chi connectivity index (χ1v) is 8.51. The van der Waals surface area contributed by atoms with E-state index in [1.807, 2.05) is 0 Å². The van der Waals surface area contributed by atoms with Crippen molar-refractivity contribution in [3.05, 3.63) is 64.8 Å². The third-order valence-corrected chi connectivity index (χ3v) is 4.85. The summed E-state index contributed by atoms with van der Waals surface area (Å²) in [5, 5.41) is 15.2. The van der Waals surface area contributed by atoms with Gasteiger partial charge in [0.25, 0.3) is 0 Å². The molecule has 0 aliphatic carbocycles. The number of rotatable bonds is 5. The van der Waals surface area contributed by atoms with E-state index in [1.54, 1.807) is 0 Å². The van der Waals surface area contributed by atoms with Crippen LogP contribution in [0.25, 0.3) is 10.9 Å². The average molecular weight is 322 g/mol. The molecule has 0 fully saturated rings. The lowest BCUT2D eigenvalue weighted by atomic mass is 10.1. The van der Waals surface area contributed by atoms with Gasteiger partial charge in [-0.1, -0.05) is 35.9 Å². The highest BCUT2D eigenvalue weighted by molar-refractivity contribution is 5.85. The van der Waals surface area contributed by atoms with Gasteiger partial charge in [0.1, 0.15) is 0 Å². The summed E-state index contributed by atoms with van der Waals surface area (Å²) in [6.45, 7) is 9.59. The van der Waals surface area contributed by atoms with Crippen LogP contribution in [0.3, 0.4) is 0 Å². The molecule has 0 aliphatic heterocycles. The quantitative estimate of drug-likeness (QED) is 0.733. The van der Waals surface area contributed by atoms with E-state index in [1.165, 1.54) is 33.3 Å². The predicted octanol–water partition coefficient (Wildman–Crippen LogP) is 4.35. The van der Waals surface area contributed by atoms with Crippen LogP contribution in [0.1, 0.15) is 22.4 Å². The smallest absolute Gasteiger partial charge is 0.0891 e. The van der Waals surface area contributed by atoms with Crippen LogP contribution in [0.5, 0.6) is 0 Å². The van der Waals surface area contributed by atoms with Gasteiger partial charge in [-0.2, -0.15) is 0 Å². The third kappa shape index (κ3) is 3.17. The number of nitrogens with zero attached hydrogens (tertiary/aromatic N) is 1. The van der Waals surface area contributed by atoms with Gasteiger partial charge in [0.15, 0.2) is 0 Å².